The highest BCUT2D eigenvalue weighted by molar-refractivity contribution is 5.04. The third kappa shape index (κ3) is 2.44. The van der Waals surface area contributed by atoms with Gasteiger partial charge in [0.1, 0.15) is 5.82 Å². The van der Waals surface area contributed by atoms with Gasteiger partial charge in [-0.1, -0.05) is 26.2 Å². The monoisotopic (exact) mass is 248 g/mol. The van der Waals surface area contributed by atoms with Gasteiger partial charge in [0.15, 0.2) is 5.82 Å². The summed E-state index contributed by atoms with van der Waals surface area (Å²) in [5, 5.41) is 11.2. The molecule has 2 aliphatic rings. The Hall–Kier alpha value is -0.900. The van der Waals surface area contributed by atoms with E-state index >= 15 is 0 Å². The van der Waals surface area contributed by atoms with Gasteiger partial charge in [0.05, 0.1) is 6.04 Å². The first-order valence-corrected chi connectivity index (χ1v) is 7.50. The molecule has 2 fully saturated rings. The fourth-order valence-corrected chi connectivity index (χ4v) is 3.39. The maximum absolute atomic E-state index is 4.78. The number of H-pyrrole nitrogens is 1. The van der Waals surface area contributed by atoms with E-state index in [1.165, 1.54) is 44.9 Å². The Bertz CT molecular complexity index is 381. The molecule has 0 bridgehead atoms. The molecular formula is C14H24N4. The van der Waals surface area contributed by atoms with Crippen LogP contribution in [0, 0.1) is 5.92 Å². The van der Waals surface area contributed by atoms with Crippen LogP contribution in [0.3, 0.4) is 0 Å². The number of nitrogens with one attached hydrogen (secondary N) is 2. The van der Waals surface area contributed by atoms with E-state index in [2.05, 4.69) is 22.4 Å². The zero-order valence-corrected chi connectivity index (χ0v) is 11.3. The summed E-state index contributed by atoms with van der Waals surface area (Å²) >= 11 is 0. The van der Waals surface area contributed by atoms with E-state index in [4.69, 9.17) is 4.98 Å². The minimum absolute atomic E-state index is 0.378. The second-order valence-corrected chi connectivity index (χ2v) is 5.97. The SMILES string of the molecule is CC1CCCNC1c1nc(C2CCCCC2)n[nH]1. The number of hydrogen-bond acceptors (Lipinski definition) is 3. The summed E-state index contributed by atoms with van der Waals surface area (Å²) in [6.45, 7) is 3.41. The van der Waals surface area contributed by atoms with Gasteiger partial charge >= 0.3 is 0 Å². The van der Waals surface area contributed by atoms with Crippen molar-refractivity contribution in [2.24, 2.45) is 5.92 Å². The van der Waals surface area contributed by atoms with Crippen LogP contribution in [-0.4, -0.2) is 21.7 Å². The van der Waals surface area contributed by atoms with Gasteiger partial charge in [-0.25, -0.2) is 4.98 Å². The highest BCUT2D eigenvalue weighted by Gasteiger charge is 2.27. The quantitative estimate of drug-likeness (QED) is 0.846. The molecule has 18 heavy (non-hydrogen) atoms. The van der Waals surface area contributed by atoms with Gasteiger partial charge in [0.25, 0.3) is 0 Å². The Balaban J connectivity index is 1.71. The molecule has 0 radical (unpaired) electrons. The fraction of sp³-hybridized carbons (Fsp3) is 0.857. The van der Waals surface area contributed by atoms with Gasteiger partial charge in [0, 0.05) is 5.92 Å². The van der Waals surface area contributed by atoms with E-state index in [-0.39, 0.29) is 0 Å². The molecule has 1 aromatic heterocycles. The van der Waals surface area contributed by atoms with Gasteiger partial charge in [0.2, 0.25) is 0 Å². The van der Waals surface area contributed by atoms with Crippen molar-refractivity contribution in [1.82, 2.24) is 20.5 Å². The summed E-state index contributed by atoms with van der Waals surface area (Å²) in [7, 11) is 0. The van der Waals surface area contributed by atoms with Crippen molar-refractivity contribution in [2.75, 3.05) is 6.54 Å². The molecule has 4 nitrogen and oxygen atoms in total. The number of piperidine rings is 1. The van der Waals surface area contributed by atoms with E-state index < -0.39 is 0 Å². The summed E-state index contributed by atoms with van der Waals surface area (Å²) in [5.41, 5.74) is 0. The minimum Gasteiger partial charge on any atom is -0.307 e. The van der Waals surface area contributed by atoms with Crippen molar-refractivity contribution < 1.29 is 0 Å². The topological polar surface area (TPSA) is 53.6 Å². The molecule has 1 aromatic rings. The largest absolute Gasteiger partial charge is 0.307 e. The van der Waals surface area contributed by atoms with E-state index in [1.807, 2.05) is 0 Å². The average molecular weight is 248 g/mol. The molecule has 1 aliphatic heterocycles. The van der Waals surface area contributed by atoms with Crippen molar-refractivity contribution in [3.8, 4) is 0 Å². The lowest BCUT2D eigenvalue weighted by atomic mass is 9.89. The number of aromatic nitrogens is 3. The van der Waals surface area contributed by atoms with Crippen molar-refractivity contribution in [1.29, 1.82) is 0 Å². The lowest BCUT2D eigenvalue weighted by Gasteiger charge is -2.28. The third-order valence-electron chi connectivity index (χ3n) is 4.55. The van der Waals surface area contributed by atoms with Gasteiger partial charge in [-0.05, 0) is 38.1 Å². The van der Waals surface area contributed by atoms with Gasteiger partial charge in [-0.3, -0.25) is 5.10 Å². The maximum atomic E-state index is 4.78. The van der Waals surface area contributed by atoms with E-state index in [0.717, 1.165) is 18.2 Å². The molecule has 1 saturated carbocycles. The van der Waals surface area contributed by atoms with Crippen molar-refractivity contribution in [3.05, 3.63) is 11.6 Å². The van der Waals surface area contributed by atoms with E-state index in [1.54, 1.807) is 0 Å². The minimum atomic E-state index is 0.378. The van der Waals surface area contributed by atoms with E-state index in [9.17, 15) is 0 Å². The first-order chi connectivity index (χ1) is 8.84. The molecule has 4 heteroatoms. The second kappa shape index (κ2) is 5.39. The lowest BCUT2D eigenvalue weighted by Crippen LogP contribution is -2.33. The van der Waals surface area contributed by atoms with Crippen LogP contribution >= 0.6 is 0 Å². The molecule has 2 N–H and O–H groups in total. The average Bonchev–Trinajstić information content (AvgIpc) is 2.90. The molecular weight excluding hydrogens is 224 g/mol. The Morgan fingerprint density at radius 1 is 1.06 bits per heavy atom. The molecule has 1 saturated heterocycles. The van der Waals surface area contributed by atoms with Crippen LogP contribution in [0.5, 0.6) is 0 Å². The molecule has 3 rings (SSSR count). The highest BCUT2D eigenvalue weighted by atomic mass is 15.2. The summed E-state index contributed by atoms with van der Waals surface area (Å²) < 4.78 is 0. The van der Waals surface area contributed by atoms with Crippen LogP contribution in [0.25, 0.3) is 0 Å². The molecule has 0 aromatic carbocycles. The molecule has 2 atom stereocenters. The zero-order chi connectivity index (χ0) is 12.4. The summed E-state index contributed by atoms with van der Waals surface area (Å²) in [6, 6.07) is 0.378. The van der Waals surface area contributed by atoms with Crippen molar-refractivity contribution in [2.45, 2.75) is 63.8 Å². The first-order valence-electron chi connectivity index (χ1n) is 7.50. The van der Waals surface area contributed by atoms with Crippen LogP contribution in [0.1, 0.15) is 75.5 Å². The van der Waals surface area contributed by atoms with Crippen LogP contribution in [-0.2, 0) is 0 Å². The molecule has 0 amide bonds. The molecule has 1 aliphatic carbocycles. The molecule has 2 unspecified atom stereocenters. The van der Waals surface area contributed by atoms with E-state index in [0.29, 0.717) is 17.9 Å². The normalized spacial score (nSPS) is 30.5. The Morgan fingerprint density at radius 3 is 2.67 bits per heavy atom. The molecule has 0 spiro atoms. The standard InChI is InChI=1S/C14H24N4/c1-10-6-5-9-15-12(10)14-16-13(17-18-14)11-7-3-2-4-8-11/h10-12,15H,2-9H2,1H3,(H,16,17,18). The van der Waals surface area contributed by atoms with Crippen LogP contribution in [0.2, 0.25) is 0 Å². The van der Waals surface area contributed by atoms with Crippen molar-refractivity contribution >= 4 is 0 Å². The molecule has 2 heterocycles. The lowest BCUT2D eigenvalue weighted by molar-refractivity contribution is 0.295. The van der Waals surface area contributed by atoms with Crippen LogP contribution in [0.15, 0.2) is 0 Å². The summed E-state index contributed by atoms with van der Waals surface area (Å²) in [4.78, 5) is 4.78. The number of aromatic amines is 1. The predicted octanol–water partition coefficient (Wildman–Crippen LogP) is 2.91. The summed E-state index contributed by atoms with van der Waals surface area (Å²) in [6.07, 6.45) is 9.17. The maximum Gasteiger partial charge on any atom is 0.153 e. The predicted molar refractivity (Wildman–Crippen MR) is 71.4 cm³/mol. The zero-order valence-electron chi connectivity index (χ0n) is 11.3. The fourth-order valence-electron chi connectivity index (χ4n) is 3.39. The number of nitrogens with zero attached hydrogens (tertiary/aromatic N) is 2. The molecule has 100 valence electrons. The number of rotatable bonds is 2. The Labute approximate surface area is 109 Å². The highest BCUT2D eigenvalue weighted by Crippen LogP contribution is 2.32. The van der Waals surface area contributed by atoms with Gasteiger partial charge < -0.3 is 5.32 Å². The van der Waals surface area contributed by atoms with Gasteiger partial charge in [-0.2, -0.15) is 5.10 Å². The van der Waals surface area contributed by atoms with Crippen LogP contribution < -0.4 is 5.32 Å². The second-order valence-electron chi connectivity index (χ2n) is 5.97. The Morgan fingerprint density at radius 2 is 1.89 bits per heavy atom. The van der Waals surface area contributed by atoms with Crippen molar-refractivity contribution in [3.63, 3.8) is 0 Å². The smallest absolute Gasteiger partial charge is 0.153 e. The van der Waals surface area contributed by atoms with Gasteiger partial charge in [-0.15, -0.1) is 0 Å². The number of hydrogen-bond donors (Lipinski definition) is 2. The van der Waals surface area contributed by atoms with Crippen LogP contribution in [0.4, 0.5) is 0 Å². The first kappa shape index (κ1) is 12.2. The summed E-state index contributed by atoms with van der Waals surface area (Å²) in [5.74, 6) is 3.38. The Kier molecular flexibility index (Phi) is 3.64. The third-order valence-corrected chi connectivity index (χ3v) is 4.55.